The van der Waals surface area contributed by atoms with Gasteiger partial charge in [0.15, 0.2) is 0 Å². The van der Waals surface area contributed by atoms with E-state index in [9.17, 15) is 14.0 Å². The van der Waals surface area contributed by atoms with E-state index < -0.39 is 24.6 Å². The summed E-state index contributed by atoms with van der Waals surface area (Å²) >= 11 is 0. The monoisotopic (exact) mass is 470 g/mol. The van der Waals surface area contributed by atoms with Crippen molar-refractivity contribution in [1.82, 2.24) is 10.6 Å². The van der Waals surface area contributed by atoms with E-state index in [0.29, 0.717) is 23.8 Å². The largest absolute Gasteiger partial charge is 0.481 e. The second-order valence-electron chi connectivity index (χ2n) is 10.9. The molecule has 2 aliphatic carbocycles. The van der Waals surface area contributed by atoms with Crippen LogP contribution in [-0.2, 0) is 18.9 Å². The quantitative estimate of drug-likeness (QED) is 0.443. The Hall–Kier alpha value is -2.19. The molecule has 8 heteroatoms. The summed E-state index contributed by atoms with van der Waals surface area (Å²) in [5, 5.41) is 5.87. The van der Waals surface area contributed by atoms with Gasteiger partial charge in [0.2, 0.25) is 11.8 Å². The van der Waals surface area contributed by atoms with Gasteiger partial charge in [0.05, 0.1) is 30.1 Å². The molecule has 1 saturated heterocycles. The van der Waals surface area contributed by atoms with Gasteiger partial charge in [-0.15, -0.1) is 0 Å². The third-order valence-corrected chi connectivity index (χ3v) is 7.58. The van der Waals surface area contributed by atoms with Crippen LogP contribution in [0.4, 0.5) is 4.39 Å². The molecule has 2 saturated carbocycles. The van der Waals surface area contributed by atoms with E-state index in [-0.39, 0.29) is 36.2 Å². The van der Waals surface area contributed by atoms with Crippen LogP contribution in [0.1, 0.15) is 71.4 Å². The first-order valence-corrected chi connectivity index (χ1v) is 12.4. The van der Waals surface area contributed by atoms with Crippen molar-refractivity contribution in [3.05, 3.63) is 47.8 Å². The summed E-state index contributed by atoms with van der Waals surface area (Å²) in [4.78, 5) is 24.9. The number of hydrogen-bond acceptors (Lipinski definition) is 4. The number of amides is 2. The SMILES string of the molecule is C=C1CC2CC1[C@]1(C)OB([C@H](CC(C)C)NC(=O)CC(NC(C)=O)c3cccc(F)c3)O[C@@H]1C2. The zero-order valence-electron chi connectivity index (χ0n) is 20.6. The van der Waals surface area contributed by atoms with Gasteiger partial charge < -0.3 is 19.9 Å². The van der Waals surface area contributed by atoms with Crippen molar-refractivity contribution in [1.29, 1.82) is 0 Å². The van der Waals surface area contributed by atoms with Gasteiger partial charge in [0.25, 0.3) is 0 Å². The second kappa shape index (κ2) is 9.82. The molecular weight excluding hydrogens is 434 g/mol. The van der Waals surface area contributed by atoms with Gasteiger partial charge in [-0.2, -0.15) is 0 Å². The van der Waals surface area contributed by atoms with Crippen molar-refractivity contribution < 1.29 is 23.3 Å². The van der Waals surface area contributed by atoms with Crippen LogP contribution in [0.25, 0.3) is 0 Å². The highest BCUT2D eigenvalue weighted by atomic mass is 19.1. The van der Waals surface area contributed by atoms with Crippen molar-refractivity contribution in [2.24, 2.45) is 17.8 Å². The van der Waals surface area contributed by atoms with Crippen LogP contribution < -0.4 is 10.6 Å². The molecule has 1 aliphatic heterocycles. The standard InChI is InChI=1S/C26H36BFN2O4/c1-15(2)9-24(27-33-23-12-18-10-16(3)21(11-18)26(23,5)34-27)30-25(32)14-22(29-17(4)31)19-7-6-8-20(28)13-19/h6-8,13,15,18,21-24H,3,9-12,14H2,1-2,4-5H3,(H,29,31)(H,30,32)/t18?,21?,22?,23-,24+,26+/m1/s1. The third kappa shape index (κ3) is 5.23. The van der Waals surface area contributed by atoms with Gasteiger partial charge in [-0.25, -0.2) is 4.39 Å². The molecule has 6 atom stereocenters. The van der Waals surface area contributed by atoms with E-state index in [2.05, 4.69) is 38.0 Å². The van der Waals surface area contributed by atoms with Gasteiger partial charge >= 0.3 is 7.12 Å². The average Bonchev–Trinajstić information content (AvgIpc) is 3.26. The van der Waals surface area contributed by atoms with Crippen LogP contribution in [0.2, 0.25) is 0 Å². The lowest BCUT2D eigenvalue weighted by atomic mass is 9.73. The van der Waals surface area contributed by atoms with E-state index in [4.69, 9.17) is 9.31 Å². The summed E-state index contributed by atoms with van der Waals surface area (Å²) < 4.78 is 26.8. The molecule has 2 N–H and O–H groups in total. The predicted octanol–water partition coefficient (Wildman–Crippen LogP) is 4.11. The normalized spacial score (nSPS) is 29.6. The Bertz CT molecular complexity index is 956. The smallest absolute Gasteiger partial charge is 0.404 e. The Morgan fingerprint density at radius 3 is 2.74 bits per heavy atom. The zero-order valence-corrected chi connectivity index (χ0v) is 20.6. The fourth-order valence-electron chi connectivity index (χ4n) is 6.06. The van der Waals surface area contributed by atoms with Gasteiger partial charge in [0.1, 0.15) is 5.82 Å². The molecule has 34 heavy (non-hydrogen) atoms. The molecule has 0 aromatic heterocycles. The van der Waals surface area contributed by atoms with Crippen LogP contribution >= 0.6 is 0 Å². The summed E-state index contributed by atoms with van der Waals surface area (Å²) in [6, 6.07) is 5.33. The summed E-state index contributed by atoms with van der Waals surface area (Å²) in [7, 11) is -0.540. The Morgan fingerprint density at radius 2 is 2.06 bits per heavy atom. The lowest BCUT2D eigenvalue weighted by Gasteiger charge is -2.40. The lowest BCUT2D eigenvalue weighted by molar-refractivity contribution is -0.123. The molecule has 1 aromatic carbocycles. The first-order valence-electron chi connectivity index (χ1n) is 12.4. The molecule has 2 bridgehead atoms. The molecular formula is C26H36BFN2O4. The van der Waals surface area contributed by atoms with E-state index in [1.807, 2.05) is 0 Å². The summed E-state index contributed by atoms with van der Waals surface area (Å²) in [5.74, 6) is -0.0665. The number of carbonyl (C=O) groups is 2. The number of fused-ring (bicyclic) bond motifs is 4. The molecule has 1 aromatic rings. The Kier molecular flexibility index (Phi) is 7.20. The summed E-state index contributed by atoms with van der Waals surface area (Å²) in [6.07, 6.45) is 3.77. The van der Waals surface area contributed by atoms with E-state index >= 15 is 0 Å². The zero-order chi connectivity index (χ0) is 24.6. The Balaban J connectivity index is 1.47. The minimum atomic E-state index is -0.627. The molecule has 2 amide bonds. The first kappa shape index (κ1) is 24.9. The highest BCUT2D eigenvalue weighted by molar-refractivity contribution is 6.47. The Morgan fingerprint density at radius 1 is 1.29 bits per heavy atom. The van der Waals surface area contributed by atoms with Gasteiger partial charge in [-0.05, 0) is 62.1 Å². The number of carbonyl (C=O) groups excluding carboxylic acids is 2. The molecule has 184 valence electrons. The number of halogens is 1. The molecule has 6 nitrogen and oxygen atoms in total. The fraction of sp³-hybridized carbons (Fsp3) is 0.615. The lowest BCUT2D eigenvalue weighted by Crippen LogP contribution is -2.50. The van der Waals surface area contributed by atoms with Crippen LogP contribution in [-0.4, -0.2) is 36.6 Å². The van der Waals surface area contributed by atoms with Crippen molar-refractivity contribution in [2.45, 2.75) is 83.5 Å². The Labute approximate surface area is 202 Å². The van der Waals surface area contributed by atoms with E-state index in [1.54, 1.807) is 12.1 Å². The number of hydrogen-bond donors (Lipinski definition) is 2. The predicted molar refractivity (Wildman–Crippen MR) is 129 cm³/mol. The number of benzene rings is 1. The van der Waals surface area contributed by atoms with Crippen molar-refractivity contribution in [3.63, 3.8) is 0 Å². The maximum absolute atomic E-state index is 13.8. The van der Waals surface area contributed by atoms with E-state index in [0.717, 1.165) is 19.3 Å². The second-order valence-corrected chi connectivity index (χ2v) is 10.9. The van der Waals surface area contributed by atoms with Gasteiger partial charge in [-0.1, -0.05) is 38.1 Å². The molecule has 4 rings (SSSR count). The van der Waals surface area contributed by atoms with Crippen LogP contribution in [0.15, 0.2) is 36.4 Å². The topological polar surface area (TPSA) is 76.7 Å². The molecule has 3 unspecified atom stereocenters. The highest BCUT2D eigenvalue weighted by Gasteiger charge is 2.60. The number of rotatable bonds is 8. The fourth-order valence-corrected chi connectivity index (χ4v) is 6.06. The van der Waals surface area contributed by atoms with Crippen molar-refractivity contribution >= 4 is 18.9 Å². The van der Waals surface area contributed by atoms with Crippen molar-refractivity contribution in [3.8, 4) is 0 Å². The van der Waals surface area contributed by atoms with Gasteiger partial charge in [0, 0.05) is 12.8 Å². The molecule has 1 heterocycles. The van der Waals surface area contributed by atoms with Crippen molar-refractivity contribution in [2.75, 3.05) is 0 Å². The molecule has 3 fully saturated rings. The summed E-state index contributed by atoms with van der Waals surface area (Å²) in [6.45, 7) is 12.0. The van der Waals surface area contributed by atoms with Crippen LogP contribution in [0, 0.1) is 23.6 Å². The average molecular weight is 470 g/mol. The minimum Gasteiger partial charge on any atom is -0.404 e. The number of nitrogens with one attached hydrogen (secondary N) is 2. The minimum absolute atomic E-state index is 0.00739. The maximum Gasteiger partial charge on any atom is 0.481 e. The first-order chi connectivity index (χ1) is 16.0. The van der Waals surface area contributed by atoms with E-state index in [1.165, 1.54) is 24.6 Å². The summed E-state index contributed by atoms with van der Waals surface area (Å²) in [5.41, 5.74) is 1.37. The maximum atomic E-state index is 13.8. The molecule has 0 radical (unpaired) electrons. The highest BCUT2D eigenvalue weighted by Crippen LogP contribution is 2.55. The molecule has 3 aliphatic rings. The van der Waals surface area contributed by atoms with Gasteiger partial charge in [-0.3, -0.25) is 9.59 Å². The third-order valence-electron chi connectivity index (χ3n) is 7.58. The van der Waals surface area contributed by atoms with Crippen LogP contribution in [0.3, 0.4) is 0 Å². The molecule has 0 spiro atoms. The van der Waals surface area contributed by atoms with Crippen LogP contribution in [0.5, 0.6) is 0 Å².